The van der Waals surface area contributed by atoms with Crippen molar-refractivity contribution in [3.63, 3.8) is 0 Å². The van der Waals surface area contributed by atoms with E-state index in [9.17, 15) is 0 Å². The first-order valence-corrected chi connectivity index (χ1v) is 5.74. The molecule has 17 heavy (non-hydrogen) atoms. The third kappa shape index (κ3) is 1.56. The molecule has 2 aromatic rings. The smallest absolute Gasteiger partial charge is 0.127 e. The van der Waals surface area contributed by atoms with Gasteiger partial charge in [0, 0.05) is 24.7 Å². The second-order valence-electron chi connectivity index (χ2n) is 4.20. The number of hydrogen-bond donors (Lipinski definition) is 1. The van der Waals surface area contributed by atoms with Crippen LogP contribution in [0.2, 0.25) is 0 Å². The summed E-state index contributed by atoms with van der Waals surface area (Å²) in [6, 6.07) is 8.05. The van der Waals surface area contributed by atoms with E-state index in [1.165, 1.54) is 5.56 Å². The summed E-state index contributed by atoms with van der Waals surface area (Å²) in [5.41, 5.74) is 3.54. The molecule has 4 heteroatoms. The molecule has 1 aliphatic heterocycles. The molecule has 0 fully saturated rings. The topological polar surface area (TPSA) is 39.1 Å². The van der Waals surface area contributed by atoms with E-state index in [1.54, 1.807) is 7.11 Å². The Hall–Kier alpha value is -1.97. The van der Waals surface area contributed by atoms with Gasteiger partial charge in [0.05, 0.1) is 12.8 Å². The van der Waals surface area contributed by atoms with Crippen LogP contribution in [-0.2, 0) is 13.5 Å². The van der Waals surface area contributed by atoms with Gasteiger partial charge < -0.3 is 10.1 Å². The quantitative estimate of drug-likeness (QED) is 0.856. The van der Waals surface area contributed by atoms with Crippen LogP contribution in [0.3, 0.4) is 0 Å². The summed E-state index contributed by atoms with van der Waals surface area (Å²) in [4.78, 5) is 0. The van der Waals surface area contributed by atoms with E-state index in [1.807, 2.05) is 23.9 Å². The van der Waals surface area contributed by atoms with Crippen LogP contribution in [-0.4, -0.2) is 23.4 Å². The zero-order chi connectivity index (χ0) is 11.8. The number of anilines is 1. The van der Waals surface area contributed by atoms with Crippen molar-refractivity contribution in [2.24, 2.45) is 7.05 Å². The van der Waals surface area contributed by atoms with Crippen molar-refractivity contribution < 1.29 is 4.74 Å². The molecular formula is C13H15N3O. The molecule has 3 rings (SSSR count). The Bertz CT molecular complexity index is 543. The van der Waals surface area contributed by atoms with Crippen LogP contribution in [0.15, 0.2) is 24.3 Å². The maximum absolute atomic E-state index is 5.16. The molecule has 1 aromatic carbocycles. The highest BCUT2D eigenvalue weighted by atomic mass is 16.5. The van der Waals surface area contributed by atoms with Crippen LogP contribution in [0.25, 0.3) is 11.3 Å². The number of benzene rings is 1. The van der Waals surface area contributed by atoms with E-state index in [0.717, 1.165) is 35.8 Å². The van der Waals surface area contributed by atoms with Crippen molar-refractivity contribution in [1.82, 2.24) is 9.78 Å². The maximum Gasteiger partial charge on any atom is 0.127 e. The minimum absolute atomic E-state index is 0.874. The number of rotatable bonds is 2. The van der Waals surface area contributed by atoms with Gasteiger partial charge in [-0.05, 0) is 30.7 Å². The molecule has 0 aliphatic carbocycles. The summed E-state index contributed by atoms with van der Waals surface area (Å²) in [6.45, 7) is 1.00. The summed E-state index contributed by atoms with van der Waals surface area (Å²) in [5, 5.41) is 7.93. The SMILES string of the molecule is COc1ccc(-c2nn(C)c3c2CCN3)cc1. The number of fused-ring (bicyclic) bond motifs is 1. The highest BCUT2D eigenvalue weighted by molar-refractivity contribution is 5.71. The Labute approximate surface area is 100 Å². The van der Waals surface area contributed by atoms with E-state index in [0.29, 0.717) is 0 Å². The van der Waals surface area contributed by atoms with Crippen LogP contribution < -0.4 is 10.1 Å². The molecule has 1 aromatic heterocycles. The first-order valence-electron chi connectivity index (χ1n) is 5.74. The van der Waals surface area contributed by atoms with E-state index in [-0.39, 0.29) is 0 Å². The molecule has 2 heterocycles. The first-order chi connectivity index (χ1) is 8.29. The van der Waals surface area contributed by atoms with Crippen LogP contribution in [0.5, 0.6) is 5.75 Å². The van der Waals surface area contributed by atoms with Gasteiger partial charge in [-0.15, -0.1) is 0 Å². The maximum atomic E-state index is 5.16. The fraction of sp³-hybridized carbons (Fsp3) is 0.308. The highest BCUT2D eigenvalue weighted by Crippen LogP contribution is 2.32. The van der Waals surface area contributed by atoms with E-state index >= 15 is 0 Å². The molecule has 0 spiro atoms. The van der Waals surface area contributed by atoms with Crippen LogP contribution in [0.4, 0.5) is 5.82 Å². The van der Waals surface area contributed by atoms with Crippen molar-refractivity contribution in [3.8, 4) is 17.0 Å². The second kappa shape index (κ2) is 3.80. The normalized spacial score (nSPS) is 13.3. The van der Waals surface area contributed by atoms with E-state index in [2.05, 4.69) is 22.5 Å². The minimum Gasteiger partial charge on any atom is -0.497 e. The van der Waals surface area contributed by atoms with E-state index in [4.69, 9.17) is 4.74 Å². The van der Waals surface area contributed by atoms with Crippen LogP contribution in [0.1, 0.15) is 5.56 Å². The third-order valence-electron chi connectivity index (χ3n) is 3.18. The molecule has 0 amide bonds. The number of nitrogens with zero attached hydrogens (tertiary/aromatic N) is 2. The summed E-state index contributed by atoms with van der Waals surface area (Å²) in [5.74, 6) is 2.02. The Kier molecular flexibility index (Phi) is 2.28. The summed E-state index contributed by atoms with van der Waals surface area (Å²) in [6.07, 6.45) is 1.05. The van der Waals surface area contributed by atoms with E-state index < -0.39 is 0 Å². The average Bonchev–Trinajstić information content (AvgIpc) is 2.94. The standard InChI is InChI=1S/C13H15N3O/c1-16-13-11(7-8-14-13)12(15-16)9-3-5-10(17-2)6-4-9/h3-6,14H,7-8H2,1-2H3. The van der Waals surface area contributed by atoms with Gasteiger partial charge in [-0.2, -0.15) is 5.10 Å². The number of hydrogen-bond acceptors (Lipinski definition) is 3. The summed E-state index contributed by atoms with van der Waals surface area (Å²) < 4.78 is 7.08. The highest BCUT2D eigenvalue weighted by Gasteiger charge is 2.21. The Balaban J connectivity index is 2.06. The molecule has 0 bridgehead atoms. The summed E-state index contributed by atoms with van der Waals surface area (Å²) in [7, 11) is 3.65. The zero-order valence-corrected chi connectivity index (χ0v) is 10.0. The largest absolute Gasteiger partial charge is 0.497 e. The molecule has 0 saturated carbocycles. The number of nitrogens with one attached hydrogen (secondary N) is 1. The predicted molar refractivity (Wildman–Crippen MR) is 67.4 cm³/mol. The number of aryl methyl sites for hydroxylation is 1. The molecular weight excluding hydrogens is 214 g/mol. The predicted octanol–water partition coefficient (Wildman–Crippen LogP) is 2.06. The van der Waals surface area contributed by atoms with Crippen molar-refractivity contribution in [2.45, 2.75) is 6.42 Å². The minimum atomic E-state index is 0.874. The molecule has 1 N–H and O–H groups in total. The average molecular weight is 229 g/mol. The van der Waals surface area contributed by atoms with Gasteiger partial charge in [0.25, 0.3) is 0 Å². The lowest BCUT2D eigenvalue weighted by Crippen LogP contribution is -2.01. The van der Waals surface area contributed by atoms with Gasteiger partial charge in [0.15, 0.2) is 0 Å². The lowest BCUT2D eigenvalue weighted by Gasteiger charge is -2.02. The van der Waals surface area contributed by atoms with Gasteiger partial charge in [-0.25, -0.2) is 0 Å². The Morgan fingerprint density at radius 1 is 1.29 bits per heavy atom. The fourth-order valence-electron chi connectivity index (χ4n) is 2.31. The Morgan fingerprint density at radius 3 is 2.76 bits per heavy atom. The Morgan fingerprint density at radius 2 is 2.06 bits per heavy atom. The fourth-order valence-corrected chi connectivity index (χ4v) is 2.31. The van der Waals surface area contributed by atoms with Crippen molar-refractivity contribution in [2.75, 3.05) is 19.0 Å². The molecule has 0 unspecified atom stereocenters. The number of ether oxygens (including phenoxy) is 1. The summed E-state index contributed by atoms with van der Waals surface area (Å²) >= 11 is 0. The monoisotopic (exact) mass is 229 g/mol. The van der Waals surface area contributed by atoms with Crippen LogP contribution >= 0.6 is 0 Å². The van der Waals surface area contributed by atoms with Crippen LogP contribution in [0, 0.1) is 0 Å². The molecule has 88 valence electrons. The zero-order valence-electron chi connectivity index (χ0n) is 10.0. The molecule has 4 nitrogen and oxygen atoms in total. The van der Waals surface area contributed by atoms with Crippen molar-refractivity contribution in [3.05, 3.63) is 29.8 Å². The lowest BCUT2D eigenvalue weighted by molar-refractivity contribution is 0.415. The van der Waals surface area contributed by atoms with Crippen molar-refractivity contribution in [1.29, 1.82) is 0 Å². The molecule has 1 aliphatic rings. The van der Waals surface area contributed by atoms with Gasteiger partial charge in [-0.3, -0.25) is 4.68 Å². The molecule has 0 atom stereocenters. The molecule has 0 radical (unpaired) electrons. The number of methoxy groups -OCH3 is 1. The van der Waals surface area contributed by atoms with Gasteiger partial charge in [0.1, 0.15) is 11.6 Å². The van der Waals surface area contributed by atoms with Gasteiger partial charge in [-0.1, -0.05) is 0 Å². The molecule has 0 saturated heterocycles. The first kappa shape index (κ1) is 10.2. The third-order valence-corrected chi connectivity index (χ3v) is 3.18. The van der Waals surface area contributed by atoms with Crippen molar-refractivity contribution >= 4 is 5.82 Å². The van der Waals surface area contributed by atoms with Gasteiger partial charge >= 0.3 is 0 Å². The number of aromatic nitrogens is 2. The lowest BCUT2D eigenvalue weighted by atomic mass is 10.1. The second-order valence-corrected chi connectivity index (χ2v) is 4.20. The van der Waals surface area contributed by atoms with Gasteiger partial charge in [0.2, 0.25) is 0 Å².